The van der Waals surface area contributed by atoms with Crippen LogP contribution in [0, 0.1) is 10.8 Å². The van der Waals surface area contributed by atoms with Crippen molar-refractivity contribution in [2.24, 2.45) is 10.8 Å². The Labute approximate surface area is 138 Å². The van der Waals surface area contributed by atoms with Crippen LogP contribution < -0.4 is 0 Å². The van der Waals surface area contributed by atoms with E-state index in [1.165, 1.54) is 6.07 Å². The number of hydrogen-bond acceptors (Lipinski definition) is 2. The summed E-state index contributed by atoms with van der Waals surface area (Å²) >= 11 is 1.02. The van der Waals surface area contributed by atoms with Crippen LogP contribution in [0.2, 0.25) is 0 Å². The number of thiophene rings is 1. The van der Waals surface area contributed by atoms with E-state index in [1.807, 2.05) is 4.90 Å². The van der Waals surface area contributed by atoms with Gasteiger partial charge in [-0.05, 0) is 36.2 Å². The monoisotopic (exact) mass is 345 g/mol. The number of hydrogen-bond donors (Lipinski definition) is 0. The van der Waals surface area contributed by atoms with Gasteiger partial charge in [-0.25, -0.2) is 0 Å². The van der Waals surface area contributed by atoms with E-state index in [0.29, 0.717) is 12.1 Å². The number of halogens is 3. The maximum Gasteiger partial charge on any atom is 0.393 e. The third-order valence-corrected chi connectivity index (χ3v) is 5.89. The largest absolute Gasteiger partial charge is 0.393 e. The summed E-state index contributed by atoms with van der Waals surface area (Å²) in [6.45, 7) is 7.40. The molecule has 128 valence electrons. The molecule has 1 aromatic heterocycles. The van der Waals surface area contributed by atoms with Crippen molar-refractivity contribution in [3.63, 3.8) is 0 Å². The molecule has 3 rings (SSSR count). The molecule has 1 aromatic rings. The van der Waals surface area contributed by atoms with Crippen molar-refractivity contribution in [3.05, 3.63) is 21.9 Å². The summed E-state index contributed by atoms with van der Waals surface area (Å²) in [5, 5.41) is 1.57. The Bertz CT molecular complexity index is 622. The first-order valence-corrected chi connectivity index (χ1v) is 8.80. The van der Waals surface area contributed by atoms with Crippen LogP contribution in [0.25, 0.3) is 0 Å². The molecule has 2 nitrogen and oxygen atoms in total. The van der Waals surface area contributed by atoms with Crippen molar-refractivity contribution in [3.8, 4) is 0 Å². The van der Waals surface area contributed by atoms with Crippen molar-refractivity contribution >= 4 is 17.2 Å². The zero-order valence-electron chi connectivity index (χ0n) is 13.7. The third-order valence-electron chi connectivity index (χ3n) is 4.95. The lowest BCUT2D eigenvalue weighted by Crippen LogP contribution is -2.37. The van der Waals surface area contributed by atoms with Gasteiger partial charge in [0.15, 0.2) is 0 Å². The minimum Gasteiger partial charge on any atom is -0.335 e. The van der Waals surface area contributed by atoms with E-state index in [4.69, 9.17) is 0 Å². The summed E-state index contributed by atoms with van der Waals surface area (Å²) in [4.78, 5) is 14.9. The van der Waals surface area contributed by atoms with Gasteiger partial charge in [-0.2, -0.15) is 13.2 Å². The first-order chi connectivity index (χ1) is 10.5. The Kier molecular flexibility index (Phi) is 3.82. The SMILES string of the molecule is CC1(C)CC2CC(C)(CN2C(=O)c2csc(CC(F)(F)F)c2)C1. The molecule has 6 heteroatoms. The van der Waals surface area contributed by atoms with E-state index in [9.17, 15) is 18.0 Å². The standard InChI is InChI=1S/C17H22F3NOS/c1-15(2)5-12-6-16(3,9-15)10-21(12)14(22)11-4-13(23-8-11)7-17(18,19)20/h4,8,12H,5-7,9-10H2,1-3H3. The molecule has 0 radical (unpaired) electrons. The van der Waals surface area contributed by atoms with Crippen LogP contribution in [-0.2, 0) is 6.42 Å². The molecule has 2 fully saturated rings. The molecule has 2 unspecified atom stereocenters. The summed E-state index contributed by atoms with van der Waals surface area (Å²) < 4.78 is 37.4. The summed E-state index contributed by atoms with van der Waals surface area (Å²) in [5.74, 6) is -0.110. The molecule has 1 aliphatic heterocycles. The number of nitrogens with zero attached hydrogens (tertiary/aromatic N) is 1. The fraction of sp³-hybridized carbons (Fsp3) is 0.706. The minimum atomic E-state index is -4.23. The van der Waals surface area contributed by atoms with E-state index in [2.05, 4.69) is 20.8 Å². The van der Waals surface area contributed by atoms with Gasteiger partial charge in [0.05, 0.1) is 12.0 Å². The summed E-state index contributed by atoms with van der Waals surface area (Å²) in [5.41, 5.74) is 0.749. The second-order valence-electron chi connectivity index (χ2n) is 8.24. The maximum absolute atomic E-state index is 12.8. The van der Waals surface area contributed by atoms with Gasteiger partial charge >= 0.3 is 6.18 Å². The smallest absolute Gasteiger partial charge is 0.335 e. The number of likely N-dealkylation sites (tertiary alicyclic amines) is 1. The van der Waals surface area contributed by atoms with Gasteiger partial charge in [0.2, 0.25) is 0 Å². The molecule has 1 amide bonds. The molecule has 2 heterocycles. The molecule has 0 N–H and O–H groups in total. The number of alkyl halides is 3. The Morgan fingerprint density at radius 3 is 2.70 bits per heavy atom. The van der Waals surface area contributed by atoms with Crippen LogP contribution in [0.3, 0.4) is 0 Å². The van der Waals surface area contributed by atoms with Crippen molar-refractivity contribution in [2.75, 3.05) is 6.54 Å². The fourth-order valence-electron chi connectivity index (χ4n) is 4.65. The van der Waals surface area contributed by atoms with Gasteiger partial charge in [-0.3, -0.25) is 4.79 Å². The predicted octanol–water partition coefficient (Wildman–Crippen LogP) is 4.89. The molecular formula is C17H22F3NOS. The maximum atomic E-state index is 12.8. The van der Waals surface area contributed by atoms with Gasteiger partial charge in [0.25, 0.3) is 5.91 Å². The first kappa shape index (κ1) is 16.8. The third kappa shape index (κ3) is 3.57. The zero-order valence-corrected chi connectivity index (χ0v) is 14.5. The molecule has 2 atom stereocenters. The predicted molar refractivity (Wildman–Crippen MR) is 84.6 cm³/mol. The van der Waals surface area contributed by atoms with Crippen LogP contribution in [-0.4, -0.2) is 29.6 Å². The number of carbonyl (C=O) groups is 1. The Balaban J connectivity index is 1.77. The Morgan fingerprint density at radius 1 is 1.35 bits per heavy atom. The van der Waals surface area contributed by atoms with Gasteiger partial charge < -0.3 is 4.90 Å². The van der Waals surface area contributed by atoms with Crippen molar-refractivity contribution in [1.82, 2.24) is 4.90 Å². The zero-order chi connectivity index (χ0) is 17.0. The average molecular weight is 345 g/mol. The minimum absolute atomic E-state index is 0.110. The number of fused-ring (bicyclic) bond motifs is 2. The van der Waals surface area contributed by atoms with Gasteiger partial charge in [-0.1, -0.05) is 20.8 Å². The quantitative estimate of drug-likeness (QED) is 0.747. The van der Waals surface area contributed by atoms with E-state index in [-0.39, 0.29) is 27.7 Å². The molecule has 1 saturated carbocycles. The topological polar surface area (TPSA) is 20.3 Å². The van der Waals surface area contributed by atoms with Crippen LogP contribution in [0.4, 0.5) is 13.2 Å². The molecule has 23 heavy (non-hydrogen) atoms. The van der Waals surface area contributed by atoms with Gasteiger partial charge in [0, 0.05) is 22.8 Å². The second kappa shape index (κ2) is 5.23. The van der Waals surface area contributed by atoms with Crippen molar-refractivity contribution in [2.45, 2.75) is 58.7 Å². The number of carbonyl (C=O) groups excluding carboxylic acids is 1. The molecule has 2 aliphatic rings. The van der Waals surface area contributed by atoms with Gasteiger partial charge in [-0.15, -0.1) is 11.3 Å². The number of rotatable bonds is 2. The highest BCUT2D eigenvalue weighted by atomic mass is 32.1. The second-order valence-corrected chi connectivity index (χ2v) is 9.24. The molecular weight excluding hydrogens is 323 g/mol. The van der Waals surface area contributed by atoms with Crippen LogP contribution >= 0.6 is 11.3 Å². The van der Waals surface area contributed by atoms with Crippen LogP contribution in [0.1, 0.15) is 55.3 Å². The van der Waals surface area contributed by atoms with E-state index in [1.54, 1.807) is 5.38 Å². The average Bonchev–Trinajstić information content (AvgIpc) is 2.87. The first-order valence-electron chi connectivity index (χ1n) is 7.92. The number of amides is 1. The van der Waals surface area contributed by atoms with Crippen molar-refractivity contribution in [1.29, 1.82) is 0 Å². The normalized spacial score (nSPS) is 29.8. The lowest BCUT2D eigenvalue weighted by Gasteiger charge is -2.39. The molecule has 0 aromatic carbocycles. The lowest BCUT2D eigenvalue weighted by molar-refractivity contribution is -0.126. The van der Waals surface area contributed by atoms with E-state index < -0.39 is 12.6 Å². The van der Waals surface area contributed by atoms with E-state index >= 15 is 0 Å². The molecule has 0 spiro atoms. The summed E-state index contributed by atoms with van der Waals surface area (Å²) in [6, 6.07) is 1.62. The highest BCUT2D eigenvalue weighted by Crippen LogP contribution is 2.52. The van der Waals surface area contributed by atoms with E-state index in [0.717, 1.165) is 30.6 Å². The Morgan fingerprint density at radius 2 is 2.04 bits per heavy atom. The fourth-order valence-corrected chi connectivity index (χ4v) is 5.54. The highest BCUT2D eigenvalue weighted by Gasteiger charge is 2.51. The molecule has 2 bridgehead atoms. The van der Waals surface area contributed by atoms with Crippen LogP contribution in [0.15, 0.2) is 11.4 Å². The van der Waals surface area contributed by atoms with Gasteiger partial charge in [0.1, 0.15) is 0 Å². The summed E-state index contributed by atoms with van der Waals surface area (Å²) in [7, 11) is 0. The highest BCUT2D eigenvalue weighted by molar-refractivity contribution is 7.10. The van der Waals surface area contributed by atoms with Crippen molar-refractivity contribution < 1.29 is 18.0 Å². The van der Waals surface area contributed by atoms with Crippen LogP contribution in [0.5, 0.6) is 0 Å². The Hall–Kier alpha value is -1.04. The molecule has 1 saturated heterocycles. The lowest BCUT2D eigenvalue weighted by atomic mass is 9.65. The molecule has 1 aliphatic carbocycles. The summed E-state index contributed by atoms with van der Waals surface area (Å²) in [6.07, 6.45) is -2.13.